The summed E-state index contributed by atoms with van der Waals surface area (Å²) in [6, 6.07) is 7.75. The van der Waals surface area contributed by atoms with Crippen molar-refractivity contribution in [2.24, 2.45) is 5.92 Å². The third-order valence-electron chi connectivity index (χ3n) is 5.36. The van der Waals surface area contributed by atoms with E-state index in [1.54, 1.807) is 0 Å². The van der Waals surface area contributed by atoms with Gasteiger partial charge >= 0.3 is 0 Å². The Kier molecular flexibility index (Phi) is 3.69. The fourth-order valence-corrected chi connectivity index (χ4v) is 3.96. The lowest BCUT2D eigenvalue weighted by Crippen LogP contribution is -2.41. The van der Waals surface area contributed by atoms with Gasteiger partial charge in [0, 0.05) is 32.1 Å². The average molecular weight is 297 g/mol. The fourth-order valence-electron chi connectivity index (χ4n) is 3.96. The molecular weight excluding hydrogens is 270 g/mol. The van der Waals surface area contributed by atoms with Gasteiger partial charge in [0.1, 0.15) is 5.82 Å². The molecule has 2 aliphatic rings. The molecule has 2 aromatic rings. The van der Waals surface area contributed by atoms with Crippen LogP contribution in [0.15, 0.2) is 18.2 Å². The largest absolute Gasteiger partial charge is 0.327 e. The number of fused-ring (bicyclic) bond motifs is 3. The highest BCUT2D eigenvalue weighted by Gasteiger charge is 2.27. The summed E-state index contributed by atoms with van der Waals surface area (Å²) in [7, 11) is 0. The summed E-state index contributed by atoms with van der Waals surface area (Å²) in [6.07, 6.45) is 6.48. The molecule has 1 aliphatic carbocycles. The number of aromatic nitrogens is 2. The number of hydrogen-bond donors (Lipinski definition) is 0. The fraction of sp³-hybridized carbons (Fsp3) is 0.632. The third-order valence-corrected chi connectivity index (χ3v) is 5.36. The van der Waals surface area contributed by atoms with Gasteiger partial charge in [0.2, 0.25) is 0 Å². The molecule has 1 aromatic heterocycles. The van der Waals surface area contributed by atoms with Crippen LogP contribution in [-0.4, -0.2) is 33.6 Å². The van der Waals surface area contributed by atoms with Gasteiger partial charge in [-0.15, -0.1) is 0 Å². The molecule has 0 bridgehead atoms. The first kappa shape index (κ1) is 14.3. The van der Waals surface area contributed by atoms with Crippen LogP contribution in [0.1, 0.15) is 44.5 Å². The highest BCUT2D eigenvalue weighted by molar-refractivity contribution is 5.77. The van der Waals surface area contributed by atoms with E-state index in [0.29, 0.717) is 5.92 Å². The molecule has 1 aliphatic heterocycles. The van der Waals surface area contributed by atoms with E-state index in [1.165, 1.54) is 54.8 Å². The first-order valence-corrected chi connectivity index (χ1v) is 8.93. The minimum absolute atomic E-state index is 0.703. The van der Waals surface area contributed by atoms with Crippen molar-refractivity contribution in [1.29, 1.82) is 0 Å². The molecule has 22 heavy (non-hydrogen) atoms. The second kappa shape index (κ2) is 5.69. The van der Waals surface area contributed by atoms with E-state index in [4.69, 9.17) is 4.98 Å². The Balaban J connectivity index is 1.59. The summed E-state index contributed by atoms with van der Waals surface area (Å²) in [5.41, 5.74) is 3.95. The van der Waals surface area contributed by atoms with Crippen molar-refractivity contribution in [1.82, 2.24) is 14.5 Å². The van der Waals surface area contributed by atoms with E-state index in [9.17, 15) is 0 Å². The Morgan fingerprint density at radius 3 is 2.77 bits per heavy atom. The van der Waals surface area contributed by atoms with Crippen LogP contribution in [0.25, 0.3) is 11.0 Å². The number of nitrogens with zero attached hydrogens (tertiary/aromatic N) is 3. The zero-order valence-corrected chi connectivity index (χ0v) is 13.9. The zero-order valence-electron chi connectivity index (χ0n) is 13.9. The highest BCUT2D eigenvalue weighted by Crippen LogP contribution is 2.27. The molecule has 0 atom stereocenters. The zero-order chi connectivity index (χ0) is 15.1. The Bertz CT molecular complexity index is 667. The first-order valence-electron chi connectivity index (χ1n) is 8.93. The molecule has 0 unspecified atom stereocenters. The third kappa shape index (κ3) is 2.56. The van der Waals surface area contributed by atoms with Crippen LogP contribution in [0.5, 0.6) is 0 Å². The summed E-state index contributed by atoms with van der Waals surface area (Å²) in [6.45, 7) is 8.04. The minimum atomic E-state index is 0.703. The van der Waals surface area contributed by atoms with E-state index in [2.05, 4.69) is 41.5 Å². The standard InChI is InChI=1S/C19H27N3/c1-14(2)12-15-6-7-18-17(13-15)20-19-8-9-21(10-11-22(18)19)16-4-3-5-16/h6-7,13-14,16H,3-5,8-12H2,1-2H3. The molecule has 118 valence electrons. The second-order valence-electron chi connectivity index (χ2n) is 7.47. The monoisotopic (exact) mass is 297 g/mol. The Hall–Kier alpha value is -1.35. The molecule has 0 spiro atoms. The van der Waals surface area contributed by atoms with Gasteiger partial charge in [-0.2, -0.15) is 0 Å². The molecule has 1 aromatic carbocycles. The van der Waals surface area contributed by atoms with Gasteiger partial charge in [-0.05, 0) is 42.9 Å². The van der Waals surface area contributed by atoms with Gasteiger partial charge in [-0.25, -0.2) is 4.98 Å². The smallest absolute Gasteiger partial charge is 0.111 e. The number of hydrogen-bond acceptors (Lipinski definition) is 2. The lowest BCUT2D eigenvalue weighted by Gasteiger charge is -2.36. The Morgan fingerprint density at radius 1 is 1.18 bits per heavy atom. The molecule has 4 rings (SSSR count). The van der Waals surface area contributed by atoms with Crippen molar-refractivity contribution in [2.75, 3.05) is 13.1 Å². The highest BCUT2D eigenvalue weighted by atomic mass is 15.2. The van der Waals surface area contributed by atoms with Gasteiger partial charge in [0.25, 0.3) is 0 Å². The maximum Gasteiger partial charge on any atom is 0.111 e. The maximum absolute atomic E-state index is 4.96. The predicted molar refractivity (Wildman–Crippen MR) is 91.2 cm³/mol. The summed E-state index contributed by atoms with van der Waals surface area (Å²) >= 11 is 0. The van der Waals surface area contributed by atoms with Crippen LogP contribution in [0.4, 0.5) is 0 Å². The quantitative estimate of drug-likeness (QED) is 0.862. The molecule has 0 saturated heterocycles. The molecule has 2 heterocycles. The van der Waals surface area contributed by atoms with Gasteiger partial charge in [0.15, 0.2) is 0 Å². The predicted octanol–water partition coefficient (Wildman–Crippen LogP) is 3.65. The summed E-state index contributed by atoms with van der Waals surface area (Å²) < 4.78 is 2.47. The number of imidazole rings is 1. The van der Waals surface area contributed by atoms with Crippen LogP contribution in [0.2, 0.25) is 0 Å². The summed E-state index contributed by atoms with van der Waals surface area (Å²) in [5.74, 6) is 1.99. The van der Waals surface area contributed by atoms with Gasteiger partial charge in [-0.1, -0.05) is 26.3 Å². The van der Waals surface area contributed by atoms with Crippen molar-refractivity contribution in [3.63, 3.8) is 0 Å². The van der Waals surface area contributed by atoms with Crippen LogP contribution < -0.4 is 0 Å². The van der Waals surface area contributed by atoms with E-state index in [1.807, 2.05) is 0 Å². The first-order chi connectivity index (χ1) is 10.7. The number of benzene rings is 1. The summed E-state index contributed by atoms with van der Waals surface area (Å²) in [5, 5.41) is 0. The van der Waals surface area contributed by atoms with Crippen molar-refractivity contribution in [3.05, 3.63) is 29.6 Å². The van der Waals surface area contributed by atoms with Crippen LogP contribution in [0, 0.1) is 5.92 Å². The lowest BCUT2D eigenvalue weighted by atomic mass is 9.91. The van der Waals surface area contributed by atoms with Crippen molar-refractivity contribution in [3.8, 4) is 0 Å². The van der Waals surface area contributed by atoms with Crippen molar-refractivity contribution < 1.29 is 0 Å². The normalized spacial score (nSPS) is 20.1. The van der Waals surface area contributed by atoms with E-state index in [0.717, 1.165) is 25.4 Å². The van der Waals surface area contributed by atoms with Crippen molar-refractivity contribution in [2.45, 2.75) is 58.5 Å². The average Bonchev–Trinajstić information content (AvgIpc) is 2.63. The maximum atomic E-state index is 4.96. The van der Waals surface area contributed by atoms with E-state index in [-0.39, 0.29) is 0 Å². The number of rotatable bonds is 3. The van der Waals surface area contributed by atoms with Crippen LogP contribution in [0.3, 0.4) is 0 Å². The van der Waals surface area contributed by atoms with Crippen molar-refractivity contribution >= 4 is 11.0 Å². The molecule has 0 amide bonds. The molecule has 1 saturated carbocycles. The molecular formula is C19H27N3. The molecule has 3 nitrogen and oxygen atoms in total. The van der Waals surface area contributed by atoms with E-state index < -0.39 is 0 Å². The molecule has 0 radical (unpaired) electrons. The van der Waals surface area contributed by atoms with Gasteiger partial charge < -0.3 is 4.57 Å². The molecule has 3 heteroatoms. The lowest BCUT2D eigenvalue weighted by molar-refractivity contribution is 0.130. The minimum Gasteiger partial charge on any atom is -0.327 e. The SMILES string of the molecule is CC(C)Cc1ccc2c(c1)nc1n2CCN(C2CCC2)CC1. The molecule has 0 N–H and O–H groups in total. The second-order valence-corrected chi connectivity index (χ2v) is 7.47. The van der Waals surface area contributed by atoms with E-state index >= 15 is 0 Å². The van der Waals surface area contributed by atoms with Crippen LogP contribution >= 0.6 is 0 Å². The summed E-state index contributed by atoms with van der Waals surface area (Å²) in [4.78, 5) is 7.65. The molecule has 1 fully saturated rings. The van der Waals surface area contributed by atoms with Crippen LogP contribution in [-0.2, 0) is 19.4 Å². The Morgan fingerprint density at radius 2 is 2.05 bits per heavy atom. The topological polar surface area (TPSA) is 21.1 Å². The van der Waals surface area contributed by atoms with Gasteiger partial charge in [0.05, 0.1) is 11.0 Å². The van der Waals surface area contributed by atoms with Gasteiger partial charge in [-0.3, -0.25) is 4.90 Å². The Labute approximate surface area is 133 Å².